The Labute approximate surface area is 110 Å². The Bertz CT molecular complexity index is 647. The molecule has 0 aliphatic carbocycles. The normalized spacial score (nSPS) is 9.68. The van der Waals surface area contributed by atoms with E-state index in [0.717, 1.165) is 11.3 Å². The molecule has 0 amide bonds. The molecular weight excluding hydrogens is 242 g/mol. The highest BCUT2D eigenvalue weighted by molar-refractivity contribution is 5.76. The first-order valence-electron chi connectivity index (χ1n) is 5.63. The minimum Gasteiger partial charge on any atom is -0.487 e. The van der Waals surface area contributed by atoms with Crippen LogP contribution in [0.25, 0.3) is 0 Å². The van der Waals surface area contributed by atoms with Crippen LogP contribution in [0.5, 0.6) is 5.75 Å². The number of pyridine rings is 2. The van der Waals surface area contributed by atoms with Gasteiger partial charge in [0, 0.05) is 11.9 Å². The second-order valence-electron chi connectivity index (χ2n) is 3.90. The van der Waals surface area contributed by atoms with Gasteiger partial charge in [0.1, 0.15) is 29.8 Å². The maximum atomic E-state index is 10.9. The van der Waals surface area contributed by atoms with Crippen LogP contribution in [0.1, 0.15) is 27.4 Å². The number of carbonyl (C=O) groups excluding carboxylic acids is 1. The van der Waals surface area contributed by atoms with Crippen molar-refractivity contribution in [3.05, 3.63) is 53.1 Å². The first kappa shape index (κ1) is 12.7. The molecule has 0 atom stereocenters. The third-order valence-corrected chi connectivity index (χ3v) is 2.47. The van der Waals surface area contributed by atoms with Crippen molar-refractivity contribution in [1.82, 2.24) is 9.97 Å². The van der Waals surface area contributed by atoms with Crippen molar-refractivity contribution in [2.24, 2.45) is 0 Å². The monoisotopic (exact) mass is 253 g/mol. The van der Waals surface area contributed by atoms with Gasteiger partial charge in [-0.3, -0.25) is 4.79 Å². The van der Waals surface area contributed by atoms with Crippen LogP contribution in [0.15, 0.2) is 30.5 Å². The lowest BCUT2D eigenvalue weighted by molar-refractivity contribution is 0.111. The summed E-state index contributed by atoms with van der Waals surface area (Å²) in [6.07, 6.45) is 2.21. The van der Waals surface area contributed by atoms with E-state index in [1.54, 1.807) is 37.4 Å². The highest BCUT2D eigenvalue weighted by Gasteiger charge is 2.05. The molecule has 0 bridgehead atoms. The molecule has 0 aliphatic heterocycles. The molecular formula is C14H11N3O2. The van der Waals surface area contributed by atoms with E-state index < -0.39 is 0 Å². The zero-order valence-corrected chi connectivity index (χ0v) is 10.3. The zero-order chi connectivity index (χ0) is 13.7. The quantitative estimate of drug-likeness (QED) is 0.779. The van der Waals surface area contributed by atoms with E-state index in [9.17, 15) is 4.79 Å². The molecule has 0 fully saturated rings. The van der Waals surface area contributed by atoms with Crippen LogP contribution in [-0.4, -0.2) is 16.3 Å². The van der Waals surface area contributed by atoms with E-state index in [-0.39, 0.29) is 12.3 Å². The van der Waals surface area contributed by atoms with Crippen molar-refractivity contribution in [1.29, 1.82) is 5.26 Å². The summed E-state index contributed by atoms with van der Waals surface area (Å²) < 4.78 is 5.54. The molecule has 0 saturated carbocycles. The molecule has 0 aromatic carbocycles. The molecule has 2 heterocycles. The predicted molar refractivity (Wildman–Crippen MR) is 67.6 cm³/mol. The molecule has 5 nitrogen and oxygen atoms in total. The minimum atomic E-state index is 0.253. The largest absolute Gasteiger partial charge is 0.487 e. The lowest BCUT2D eigenvalue weighted by Crippen LogP contribution is -2.01. The number of nitriles is 1. The molecule has 2 aromatic rings. The number of aromatic nitrogens is 2. The molecule has 0 unspecified atom stereocenters. The Morgan fingerprint density at radius 2 is 2.26 bits per heavy atom. The SMILES string of the molecule is Cc1ccc(OCc2ccnc(C#N)c2)c(C=O)n1. The number of carbonyl (C=O) groups is 1. The Morgan fingerprint density at radius 1 is 1.42 bits per heavy atom. The van der Waals surface area contributed by atoms with Gasteiger partial charge < -0.3 is 4.74 Å². The molecule has 2 rings (SSSR count). The van der Waals surface area contributed by atoms with Crippen molar-refractivity contribution in [3.8, 4) is 11.8 Å². The first-order chi connectivity index (χ1) is 9.22. The lowest BCUT2D eigenvalue weighted by Gasteiger charge is -2.08. The molecule has 0 aliphatic rings. The molecule has 0 N–H and O–H groups in total. The number of aryl methyl sites for hydroxylation is 1. The number of rotatable bonds is 4. The molecule has 2 aromatic heterocycles. The standard InChI is InChI=1S/C14H11N3O2/c1-10-2-3-14(13(8-18)17-10)19-9-11-4-5-16-12(6-11)7-15/h2-6,8H,9H2,1H3. The van der Waals surface area contributed by atoms with Gasteiger partial charge in [-0.2, -0.15) is 5.26 Å². The Morgan fingerprint density at radius 3 is 3.00 bits per heavy atom. The number of hydrogen-bond donors (Lipinski definition) is 0. The number of hydrogen-bond acceptors (Lipinski definition) is 5. The molecule has 94 valence electrons. The first-order valence-corrected chi connectivity index (χ1v) is 5.63. The Balaban J connectivity index is 2.14. The maximum absolute atomic E-state index is 10.9. The summed E-state index contributed by atoms with van der Waals surface area (Å²) in [4.78, 5) is 18.8. The van der Waals surface area contributed by atoms with E-state index >= 15 is 0 Å². The zero-order valence-electron chi connectivity index (χ0n) is 10.3. The van der Waals surface area contributed by atoms with Crippen molar-refractivity contribution < 1.29 is 9.53 Å². The predicted octanol–water partition coefficient (Wildman–Crippen LogP) is 2.05. The maximum Gasteiger partial charge on any atom is 0.172 e. The molecule has 0 saturated heterocycles. The minimum absolute atomic E-state index is 0.253. The summed E-state index contributed by atoms with van der Waals surface area (Å²) in [7, 11) is 0. The third-order valence-electron chi connectivity index (χ3n) is 2.47. The van der Waals surface area contributed by atoms with Crippen molar-refractivity contribution in [2.75, 3.05) is 0 Å². The van der Waals surface area contributed by atoms with Gasteiger partial charge in [0.2, 0.25) is 0 Å². The summed E-state index contributed by atoms with van der Waals surface area (Å²) in [5, 5.41) is 8.75. The smallest absolute Gasteiger partial charge is 0.172 e. The van der Waals surface area contributed by atoms with E-state index in [1.165, 1.54) is 0 Å². The lowest BCUT2D eigenvalue weighted by atomic mass is 10.2. The Hall–Kier alpha value is -2.74. The van der Waals surface area contributed by atoms with Gasteiger partial charge in [0.25, 0.3) is 0 Å². The molecule has 0 spiro atoms. The van der Waals surface area contributed by atoms with Crippen molar-refractivity contribution in [2.45, 2.75) is 13.5 Å². The van der Waals surface area contributed by atoms with Crippen molar-refractivity contribution >= 4 is 6.29 Å². The summed E-state index contributed by atoms with van der Waals surface area (Å²) >= 11 is 0. The summed E-state index contributed by atoms with van der Waals surface area (Å²) in [6.45, 7) is 2.06. The van der Waals surface area contributed by atoms with Gasteiger partial charge in [-0.25, -0.2) is 9.97 Å². The number of nitrogens with zero attached hydrogens (tertiary/aromatic N) is 3. The van der Waals surface area contributed by atoms with Crippen LogP contribution in [-0.2, 0) is 6.61 Å². The molecule has 0 radical (unpaired) electrons. The Kier molecular flexibility index (Phi) is 3.84. The second-order valence-corrected chi connectivity index (χ2v) is 3.90. The highest BCUT2D eigenvalue weighted by atomic mass is 16.5. The van der Waals surface area contributed by atoms with Gasteiger partial charge >= 0.3 is 0 Å². The van der Waals surface area contributed by atoms with Crippen LogP contribution in [0.3, 0.4) is 0 Å². The van der Waals surface area contributed by atoms with E-state index in [1.807, 2.05) is 6.07 Å². The van der Waals surface area contributed by atoms with E-state index in [2.05, 4.69) is 9.97 Å². The van der Waals surface area contributed by atoms with Crippen LogP contribution < -0.4 is 4.74 Å². The van der Waals surface area contributed by atoms with Crippen LogP contribution in [0.4, 0.5) is 0 Å². The van der Waals surface area contributed by atoms with Gasteiger partial charge in [-0.15, -0.1) is 0 Å². The average molecular weight is 253 g/mol. The molecule has 5 heteroatoms. The average Bonchev–Trinajstić information content (AvgIpc) is 2.46. The fourth-order valence-corrected chi connectivity index (χ4v) is 1.56. The molecule has 19 heavy (non-hydrogen) atoms. The summed E-state index contributed by atoms with van der Waals surface area (Å²) in [6, 6.07) is 8.83. The van der Waals surface area contributed by atoms with E-state index in [0.29, 0.717) is 17.7 Å². The summed E-state index contributed by atoms with van der Waals surface area (Å²) in [5.74, 6) is 0.427. The van der Waals surface area contributed by atoms with Gasteiger partial charge in [0.05, 0.1) is 0 Å². The van der Waals surface area contributed by atoms with Crippen molar-refractivity contribution in [3.63, 3.8) is 0 Å². The fourth-order valence-electron chi connectivity index (χ4n) is 1.56. The fraction of sp³-hybridized carbons (Fsp3) is 0.143. The summed E-state index contributed by atoms with van der Waals surface area (Å²) in [5.41, 5.74) is 2.17. The highest BCUT2D eigenvalue weighted by Crippen LogP contribution is 2.16. The van der Waals surface area contributed by atoms with Gasteiger partial charge in [0.15, 0.2) is 6.29 Å². The number of ether oxygens (including phenoxy) is 1. The van der Waals surface area contributed by atoms with Crippen LogP contribution in [0, 0.1) is 18.3 Å². The van der Waals surface area contributed by atoms with Gasteiger partial charge in [-0.05, 0) is 36.8 Å². The van der Waals surface area contributed by atoms with E-state index in [4.69, 9.17) is 10.00 Å². The topological polar surface area (TPSA) is 75.9 Å². The third kappa shape index (κ3) is 3.13. The van der Waals surface area contributed by atoms with Gasteiger partial charge in [-0.1, -0.05) is 0 Å². The second kappa shape index (κ2) is 5.74. The van der Waals surface area contributed by atoms with Crippen LogP contribution in [0.2, 0.25) is 0 Å². The van der Waals surface area contributed by atoms with Crippen LogP contribution >= 0.6 is 0 Å². The number of aldehydes is 1.